The Morgan fingerprint density at radius 1 is 0.842 bits per heavy atom. The van der Waals surface area contributed by atoms with Crippen LogP contribution in [0, 0.1) is 35.0 Å². The summed E-state index contributed by atoms with van der Waals surface area (Å²) < 4.78 is 73.2. The molecule has 4 heterocycles. The summed E-state index contributed by atoms with van der Waals surface area (Å²) in [6, 6.07) is 21.7. The molecule has 1 aliphatic heterocycles. The third-order valence-corrected chi connectivity index (χ3v) is 23.0. The number of ketones is 1. The number of nitrogens with two attached hydrogens (primary N) is 1. The molecule has 2 unspecified atom stereocenters. The third-order valence-electron chi connectivity index (χ3n) is 20.0. The van der Waals surface area contributed by atoms with E-state index in [9.17, 15) is 60.1 Å². The predicted octanol–water partition coefficient (Wildman–Crippen LogP) is 10.3. The molecule has 0 saturated heterocycles. The topological polar surface area (TPSA) is 371 Å². The van der Waals surface area contributed by atoms with Crippen LogP contribution in [0.15, 0.2) is 97.0 Å². The Balaban J connectivity index is 0.756. The molecular formula is C72H91N11O15S3. The van der Waals surface area contributed by atoms with Crippen molar-refractivity contribution in [3.8, 4) is 11.1 Å². The summed E-state index contributed by atoms with van der Waals surface area (Å²) in [5.74, 6) is -4.30. The van der Waals surface area contributed by atoms with Crippen molar-refractivity contribution in [2.45, 2.75) is 156 Å². The molecule has 101 heavy (non-hydrogen) atoms. The number of hydrogen-bond acceptors (Lipinski definition) is 18. The van der Waals surface area contributed by atoms with Crippen molar-refractivity contribution < 1.29 is 69.5 Å². The summed E-state index contributed by atoms with van der Waals surface area (Å²) in [5.41, 5.74) is 9.89. The number of unbranched alkanes of at least 4 members (excludes halogenated alkanes) is 2. The number of Topliss-reactive ketones (excluding diaryl/α,β-unsaturated/α-hetero) is 1. The number of amides is 6. The van der Waals surface area contributed by atoms with Crippen LogP contribution in [0.4, 0.5) is 26.2 Å². The van der Waals surface area contributed by atoms with Crippen LogP contribution in [0.5, 0.6) is 0 Å². The van der Waals surface area contributed by atoms with Gasteiger partial charge in [0.2, 0.25) is 11.8 Å². The fourth-order valence-corrected chi connectivity index (χ4v) is 18.5. The normalized spacial score (nSPS) is 20.6. The largest absolute Gasteiger partial charge is 0.476 e. The molecule has 4 saturated carbocycles. The van der Waals surface area contributed by atoms with Crippen molar-refractivity contribution in [2.75, 3.05) is 59.8 Å². The Hall–Kier alpha value is -8.64. The molecule has 4 fully saturated rings. The molecule has 3 aromatic carbocycles. The summed E-state index contributed by atoms with van der Waals surface area (Å²) in [7, 11) is -7.86. The lowest BCUT2D eigenvalue weighted by Crippen LogP contribution is -2.64. The minimum Gasteiger partial charge on any atom is -0.476 e. The Morgan fingerprint density at radius 3 is 2.28 bits per heavy atom. The molecule has 11 rings (SSSR count). The molecule has 8 N–H and O–H groups in total. The standard InChI is InChI=1S/C72H91N11O15S3/c1-7-100(92,93)33-12-8-9-20-60(85)79-61(46(2)3)57(84)35-50(16-14-28-74-66(73)90)63(86)76-51-23-21-48(22-24-51)38-97-68(91)81(31-34-101(94,95)96)30-32-98-72-42-69(5)39-70(6,43-72)41-71(40-69,44-72)45-83-47(4)54(36-75-83)52-25-26-59(78-62(52)65(88)89)82-29-27-49-15-13-17-53(55(49)37-82)64(87)80-67-77-56-18-10-11-19-58(56)99-67/h7,10-11,13,15,17-19,21-26,36,46,50,61H,1,8-9,12,14,16,20,27-35,37-45H2,2-6H3,(H,76,86)(H,79,85)(H,88,89)(H3,73,74,90)(H,77,80,87)(H,94,95,96)/t50-,61+,69?,70?,71?,72?/m1/s1. The Labute approximate surface area is 592 Å². The van der Waals surface area contributed by atoms with Gasteiger partial charge in [0, 0.05) is 91.5 Å². The number of fused-ring (bicyclic) bond motifs is 2. The van der Waals surface area contributed by atoms with Gasteiger partial charge in [-0.15, -0.1) is 0 Å². The maximum Gasteiger partial charge on any atom is 0.410 e. The number of anilines is 3. The number of carboxylic acid groups (broad SMARTS) is 1. The number of primary amides is 1. The number of sulfone groups is 1. The summed E-state index contributed by atoms with van der Waals surface area (Å²) in [6.07, 6.45) is 8.01. The van der Waals surface area contributed by atoms with Crippen LogP contribution in [0.2, 0.25) is 0 Å². The lowest BCUT2D eigenvalue weighted by molar-refractivity contribution is -0.248. The van der Waals surface area contributed by atoms with Crippen LogP contribution in [0.1, 0.15) is 154 Å². The highest BCUT2D eigenvalue weighted by molar-refractivity contribution is 7.94. The zero-order valence-corrected chi connectivity index (χ0v) is 60.2. The van der Waals surface area contributed by atoms with E-state index in [1.165, 1.54) is 16.2 Å². The second-order valence-corrected chi connectivity index (χ2v) is 33.6. The molecule has 29 heteroatoms. The van der Waals surface area contributed by atoms with Crippen molar-refractivity contribution in [1.82, 2.24) is 35.3 Å². The molecule has 4 bridgehead atoms. The molecule has 6 aromatic rings. The number of para-hydroxylation sites is 1. The van der Waals surface area contributed by atoms with Gasteiger partial charge in [0.15, 0.2) is 26.4 Å². The van der Waals surface area contributed by atoms with Gasteiger partial charge in [0.05, 0.1) is 46.2 Å². The number of carboxylic acids is 1. The minimum absolute atomic E-state index is 0.0316. The number of rotatable bonds is 34. The average molecular weight is 1450 g/mol. The number of ether oxygens (including phenoxy) is 2. The Kier molecular flexibility index (Phi) is 23.3. The second-order valence-electron chi connectivity index (χ2n) is 28.9. The molecule has 0 spiro atoms. The number of nitrogens with one attached hydrogen (secondary N) is 4. The van der Waals surface area contributed by atoms with E-state index in [0.29, 0.717) is 97.0 Å². The van der Waals surface area contributed by atoms with Crippen molar-refractivity contribution in [2.24, 2.45) is 33.8 Å². The summed E-state index contributed by atoms with van der Waals surface area (Å²) in [5, 5.41) is 28.2. The van der Waals surface area contributed by atoms with Gasteiger partial charge in [-0.05, 0) is 159 Å². The molecular weight excluding hydrogens is 1360 g/mol. The van der Waals surface area contributed by atoms with Gasteiger partial charge in [-0.3, -0.25) is 33.7 Å². The van der Waals surface area contributed by atoms with E-state index in [1.54, 1.807) is 56.4 Å². The summed E-state index contributed by atoms with van der Waals surface area (Å²) in [4.78, 5) is 106. The number of urea groups is 1. The van der Waals surface area contributed by atoms with Crippen molar-refractivity contribution in [1.29, 1.82) is 0 Å². The van der Waals surface area contributed by atoms with E-state index < -0.39 is 67.3 Å². The van der Waals surface area contributed by atoms with Gasteiger partial charge in [0.1, 0.15) is 12.4 Å². The molecule has 542 valence electrons. The van der Waals surface area contributed by atoms with Crippen molar-refractivity contribution >= 4 is 99.7 Å². The zero-order valence-electron chi connectivity index (χ0n) is 57.8. The molecule has 3 aromatic heterocycles. The minimum atomic E-state index is -4.51. The van der Waals surface area contributed by atoms with E-state index in [4.69, 9.17) is 25.3 Å². The van der Waals surface area contributed by atoms with Crippen LogP contribution in [-0.2, 0) is 69.9 Å². The number of thiazole rings is 1. The number of aromatic carboxylic acids is 1. The highest BCUT2D eigenvalue weighted by Crippen LogP contribution is 2.72. The highest BCUT2D eigenvalue weighted by atomic mass is 32.2. The van der Waals surface area contributed by atoms with Crippen LogP contribution in [0.25, 0.3) is 21.3 Å². The van der Waals surface area contributed by atoms with E-state index in [0.717, 1.165) is 64.5 Å². The number of hydrogen-bond donors (Lipinski definition) is 7. The first-order valence-electron chi connectivity index (χ1n) is 34.2. The number of pyridine rings is 1. The van der Waals surface area contributed by atoms with Gasteiger partial charge >= 0.3 is 18.1 Å². The predicted molar refractivity (Wildman–Crippen MR) is 383 cm³/mol. The van der Waals surface area contributed by atoms with Crippen molar-refractivity contribution in [3.63, 3.8) is 0 Å². The van der Waals surface area contributed by atoms with Gasteiger partial charge in [0.25, 0.3) is 16.0 Å². The SMILES string of the molecule is C=CS(=O)(=O)CCCCCC(=O)N[C@H](C(=O)C[C@@H](CCCNC(N)=O)C(=O)Nc1ccc(COC(=O)N(CCOC23CC4(C)CC(C)(CC(Cn5ncc(-c6ccc(N7CCc8cccc(C(=O)Nc9nc%10ccccc%10s9)c8C7)nc6C(=O)O)c5C)(C4)C2)C3)CCS(=O)(=O)O)cc1)C(C)C. The van der Waals surface area contributed by atoms with E-state index in [1.807, 2.05) is 59.0 Å². The summed E-state index contributed by atoms with van der Waals surface area (Å²) in [6.45, 7) is 14.3. The molecule has 4 atom stereocenters. The van der Waals surface area contributed by atoms with E-state index in [-0.39, 0.29) is 103 Å². The van der Waals surface area contributed by atoms with Crippen LogP contribution in [-0.4, -0.2) is 149 Å². The van der Waals surface area contributed by atoms with Gasteiger partial charge < -0.3 is 46.1 Å². The monoisotopic (exact) mass is 1450 g/mol. The number of benzene rings is 3. The first kappa shape index (κ1) is 75.0. The first-order chi connectivity index (χ1) is 47.8. The first-order valence-corrected chi connectivity index (χ1v) is 38.4. The third kappa shape index (κ3) is 19.1. The lowest BCUT2D eigenvalue weighted by Gasteiger charge is -2.69. The quantitative estimate of drug-likeness (QED) is 0.0146. The van der Waals surface area contributed by atoms with Crippen LogP contribution < -0.4 is 31.9 Å². The Bertz CT molecular complexity index is 4300. The molecule has 26 nitrogen and oxygen atoms in total. The molecule has 5 aliphatic rings. The maximum atomic E-state index is 13.9. The fourth-order valence-electron chi connectivity index (χ4n) is 16.4. The van der Waals surface area contributed by atoms with Crippen molar-refractivity contribution in [3.05, 3.63) is 131 Å². The van der Waals surface area contributed by atoms with Crippen LogP contribution >= 0.6 is 11.3 Å². The van der Waals surface area contributed by atoms with E-state index in [2.05, 4.69) is 46.7 Å². The van der Waals surface area contributed by atoms with E-state index >= 15 is 0 Å². The number of aromatic nitrogens is 4. The van der Waals surface area contributed by atoms with Crippen LogP contribution in [0.3, 0.4) is 0 Å². The van der Waals surface area contributed by atoms with Gasteiger partial charge in [-0.2, -0.15) is 13.5 Å². The second kappa shape index (κ2) is 31.3. The average Bonchev–Trinajstić information content (AvgIpc) is 1.48. The van der Waals surface area contributed by atoms with Gasteiger partial charge in [-0.25, -0.2) is 32.8 Å². The molecule has 4 aliphatic carbocycles. The van der Waals surface area contributed by atoms with Gasteiger partial charge in [-0.1, -0.05) is 88.4 Å². The zero-order chi connectivity index (χ0) is 72.7. The lowest BCUT2D eigenvalue weighted by atomic mass is 9.39. The number of carbonyl (C=O) groups is 7. The number of carbonyl (C=O) groups excluding carboxylic acids is 6. The number of nitrogens with zero attached hydrogens (tertiary/aromatic N) is 6. The highest BCUT2D eigenvalue weighted by Gasteiger charge is 2.66. The molecule has 6 amide bonds. The molecule has 0 radical (unpaired) electrons. The Morgan fingerprint density at radius 2 is 1.58 bits per heavy atom. The summed E-state index contributed by atoms with van der Waals surface area (Å²) >= 11 is 1.40. The smallest absolute Gasteiger partial charge is 0.410 e. The maximum absolute atomic E-state index is 13.9. The fraction of sp³-hybridized carbons (Fsp3) is 0.500.